The molecule has 3 aliphatic rings. The van der Waals surface area contributed by atoms with Crippen LogP contribution in [0.4, 0.5) is 0 Å². The van der Waals surface area contributed by atoms with Crippen LogP contribution in [0.2, 0.25) is 0 Å². The molecule has 1 aliphatic carbocycles. The van der Waals surface area contributed by atoms with E-state index in [9.17, 15) is 4.79 Å². The number of hydrogen-bond donors (Lipinski definition) is 0. The molecule has 2 heterocycles. The second kappa shape index (κ2) is 7.37. The zero-order valence-electron chi connectivity index (χ0n) is 14.8. The van der Waals surface area contributed by atoms with Gasteiger partial charge in [-0.05, 0) is 61.9 Å². The number of nitrogens with zero attached hydrogens (tertiary/aromatic N) is 2. The van der Waals surface area contributed by atoms with Crippen molar-refractivity contribution in [3.8, 4) is 0 Å². The highest BCUT2D eigenvalue weighted by atomic mass is 16.1. The average Bonchev–Trinajstić information content (AvgIpc) is 3.17. The van der Waals surface area contributed by atoms with Crippen LogP contribution in [0.1, 0.15) is 67.7 Å². The van der Waals surface area contributed by atoms with Gasteiger partial charge in [-0.3, -0.25) is 9.80 Å². The first kappa shape index (κ1) is 16.3. The molecule has 0 amide bonds. The molecule has 2 fully saturated rings. The summed E-state index contributed by atoms with van der Waals surface area (Å²) in [4.78, 5) is 16.8. The summed E-state index contributed by atoms with van der Waals surface area (Å²) >= 11 is 0. The number of fused-ring (bicyclic) bond motifs is 1. The van der Waals surface area contributed by atoms with Crippen LogP contribution >= 0.6 is 0 Å². The summed E-state index contributed by atoms with van der Waals surface area (Å²) in [5.74, 6) is 0. The van der Waals surface area contributed by atoms with E-state index in [-0.39, 0.29) is 6.04 Å². The van der Waals surface area contributed by atoms with Crippen molar-refractivity contribution in [2.75, 3.05) is 19.6 Å². The summed E-state index contributed by atoms with van der Waals surface area (Å²) in [6.07, 6.45) is 11.6. The topological polar surface area (TPSA) is 23.6 Å². The minimum atomic E-state index is -0.0385. The fraction of sp³-hybridized carbons (Fsp3) is 0.667. The van der Waals surface area contributed by atoms with E-state index < -0.39 is 0 Å². The van der Waals surface area contributed by atoms with E-state index in [1.807, 2.05) is 0 Å². The molecule has 0 bridgehead atoms. The summed E-state index contributed by atoms with van der Waals surface area (Å²) in [5.41, 5.74) is 4.17. The first-order valence-electron chi connectivity index (χ1n) is 9.90. The SMILES string of the molecule is O=CC(c1ccc2c(c1)CCN(C1CCCC1)C2)N1CCCCC1. The molecule has 24 heavy (non-hydrogen) atoms. The number of carbonyl (C=O) groups excluding carboxylic acids is 1. The Balaban J connectivity index is 1.50. The highest BCUT2D eigenvalue weighted by molar-refractivity contribution is 5.62. The molecule has 1 atom stereocenters. The van der Waals surface area contributed by atoms with Crippen LogP contribution in [0.15, 0.2) is 18.2 Å². The summed E-state index contributed by atoms with van der Waals surface area (Å²) in [7, 11) is 0. The van der Waals surface area contributed by atoms with Crippen molar-refractivity contribution >= 4 is 6.29 Å². The van der Waals surface area contributed by atoms with Gasteiger partial charge in [0.25, 0.3) is 0 Å². The zero-order valence-corrected chi connectivity index (χ0v) is 14.8. The lowest BCUT2D eigenvalue weighted by Gasteiger charge is -2.35. The van der Waals surface area contributed by atoms with Crippen LogP contribution in [-0.2, 0) is 17.8 Å². The lowest BCUT2D eigenvalue weighted by Crippen LogP contribution is -2.38. The van der Waals surface area contributed by atoms with E-state index in [1.54, 1.807) is 0 Å². The quantitative estimate of drug-likeness (QED) is 0.788. The summed E-state index contributed by atoms with van der Waals surface area (Å²) < 4.78 is 0. The largest absolute Gasteiger partial charge is 0.301 e. The third-order valence-electron chi connectivity index (χ3n) is 6.37. The number of benzene rings is 1. The van der Waals surface area contributed by atoms with Crippen LogP contribution in [0.25, 0.3) is 0 Å². The number of carbonyl (C=O) groups is 1. The Labute approximate surface area is 146 Å². The van der Waals surface area contributed by atoms with Crippen molar-refractivity contribution in [2.45, 2.75) is 70.0 Å². The number of likely N-dealkylation sites (tertiary alicyclic amines) is 1. The van der Waals surface area contributed by atoms with Gasteiger partial charge in [0.15, 0.2) is 0 Å². The minimum absolute atomic E-state index is 0.0385. The lowest BCUT2D eigenvalue weighted by atomic mass is 9.93. The van der Waals surface area contributed by atoms with Crippen LogP contribution in [-0.4, -0.2) is 41.8 Å². The van der Waals surface area contributed by atoms with E-state index in [1.165, 1.54) is 68.2 Å². The van der Waals surface area contributed by atoms with Crippen molar-refractivity contribution < 1.29 is 4.79 Å². The number of piperidine rings is 1. The maximum absolute atomic E-state index is 11.7. The minimum Gasteiger partial charge on any atom is -0.301 e. The van der Waals surface area contributed by atoms with Gasteiger partial charge in [-0.1, -0.05) is 37.5 Å². The smallest absolute Gasteiger partial charge is 0.141 e. The molecule has 0 spiro atoms. The fourth-order valence-electron chi connectivity index (χ4n) is 4.93. The second-order valence-corrected chi connectivity index (χ2v) is 7.86. The maximum Gasteiger partial charge on any atom is 0.141 e. The first-order chi connectivity index (χ1) is 11.8. The third-order valence-corrected chi connectivity index (χ3v) is 6.37. The van der Waals surface area contributed by atoms with Gasteiger partial charge >= 0.3 is 0 Å². The molecular weight excluding hydrogens is 296 g/mol. The molecule has 1 unspecified atom stereocenters. The Bertz CT molecular complexity index is 573. The Morgan fingerprint density at radius 3 is 2.50 bits per heavy atom. The monoisotopic (exact) mass is 326 g/mol. The average molecular weight is 326 g/mol. The summed E-state index contributed by atoms with van der Waals surface area (Å²) in [6, 6.07) is 7.61. The third kappa shape index (κ3) is 3.29. The van der Waals surface area contributed by atoms with Crippen molar-refractivity contribution in [2.24, 2.45) is 0 Å². The summed E-state index contributed by atoms with van der Waals surface area (Å²) in [6.45, 7) is 4.43. The van der Waals surface area contributed by atoms with Crippen molar-refractivity contribution in [3.63, 3.8) is 0 Å². The zero-order chi connectivity index (χ0) is 16.4. The van der Waals surface area contributed by atoms with Crippen LogP contribution in [0.5, 0.6) is 0 Å². The molecule has 2 aliphatic heterocycles. The molecule has 3 nitrogen and oxygen atoms in total. The van der Waals surface area contributed by atoms with Gasteiger partial charge in [-0.2, -0.15) is 0 Å². The van der Waals surface area contributed by atoms with Crippen molar-refractivity contribution in [3.05, 3.63) is 34.9 Å². The molecule has 0 N–H and O–H groups in total. The first-order valence-corrected chi connectivity index (χ1v) is 9.90. The molecule has 0 radical (unpaired) electrons. The summed E-state index contributed by atoms with van der Waals surface area (Å²) in [5, 5.41) is 0. The maximum atomic E-state index is 11.7. The van der Waals surface area contributed by atoms with Gasteiger partial charge in [0.2, 0.25) is 0 Å². The standard InChI is InChI=1S/C21H30N2O/c24-16-21(22-11-4-1-5-12-22)18-8-9-19-15-23(13-10-17(19)14-18)20-6-2-3-7-20/h8-9,14,16,20-21H,1-7,10-13,15H2. The van der Waals surface area contributed by atoms with Gasteiger partial charge in [-0.15, -0.1) is 0 Å². The van der Waals surface area contributed by atoms with E-state index in [0.717, 1.165) is 38.4 Å². The molecule has 1 saturated heterocycles. The number of hydrogen-bond acceptors (Lipinski definition) is 3. The highest BCUT2D eigenvalue weighted by Crippen LogP contribution is 2.31. The Morgan fingerprint density at radius 1 is 0.958 bits per heavy atom. The molecule has 0 aromatic heterocycles. The van der Waals surface area contributed by atoms with Crippen LogP contribution in [0.3, 0.4) is 0 Å². The normalized spacial score (nSPS) is 24.7. The van der Waals surface area contributed by atoms with E-state index in [2.05, 4.69) is 28.0 Å². The van der Waals surface area contributed by atoms with Crippen molar-refractivity contribution in [1.82, 2.24) is 9.80 Å². The lowest BCUT2D eigenvalue weighted by molar-refractivity contribution is -0.113. The molecule has 1 saturated carbocycles. The van der Waals surface area contributed by atoms with E-state index in [0.29, 0.717) is 0 Å². The molecule has 3 heteroatoms. The van der Waals surface area contributed by atoms with Gasteiger partial charge in [0.05, 0.1) is 6.04 Å². The van der Waals surface area contributed by atoms with Gasteiger partial charge in [0, 0.05) is 19.1 Å². The van der Waals surface area contributed by atoms with Gasteiger partial charge in [0.1, 0.15) is 6.29 Å². The highest BCUT2D eigenvalue weighted by Gasteiger charge is 2.27. The van der Waals surface area contributed by atoms with E-state index >= 15 is 0 Å². The number of rotatable bonds is 4. The fourth-order valence-corrected chi connectivity index (χ4v) is 4.93. The second-order valence-electron chi connectivity index (χ2n) is 7.86. The predicted molar refractivity (Wildman–Crippen MR) is 97.0 cm³/mol. The van der Waals surface area contributed by atoms with Crippen LogP contribution < -0.4 is 0 Å². The number of aldehydes is 1. The molecule has 130 valence electrons. The van der Waals surface area contributed by atoms with Gasteiger partial charge < -0.3 is 4.79 Å². The predicted octanol–water partition coefficient (Wildman–Crippen LogP) is 3.71. The molecule has 1 aromatic rings. The van der Waals surface area contributed by atoms with Gasteiger partial charge in [-0.25, -0.2) is 0 Å². The van der Waals surface area contributed by atoms with E-state index in [4.69, 9.17) is 0 Å². The van der Waals surface area contributed by atoms with Crippen LogP contribution in [0, 0.1) is 0 Å². The molecular formula is C21H30N2O. The Morgan fingerprint density at radius 2 is 1.75 bits per heavy atom. The molecule has 1 aromatic carbocycles. The van der Waals surface area contributed by atoms with Crippen molar-refractivity contribution in [1.29, 1.82) is 0 Å². The molecule has 4 rings (SSSR count). The Kier molecular flexibility index (Phi) is 5.00. The Hall–Kier alpha value is -1.19.